The number of thiophene rings is 1. The summed E-state index contributed by atoms with van der Waals surface area (Å²) >= 11 is 1.70. The molecule has 0 atom stereocenters. The molecule has 9 heteroatoms. The maximum Gasteiger partial charge on any atom is 0.387 e. The third-order valence-corrected chi connectivity index (χ3v) is 5.49. The number of nitrogens with zero attached hydrogens (tertiary/aromatic N) is 3. The summed E-state index contributed by atoms with van der Waals surface area (Å²) in [6, 6.07) is 4.68. The quantitative estimate of drug-likeness (QED) is 0.504. The monoisotopic (exact) mass is 390 g/mol. The van der Waals surface area contributed by atoms with Crippen molar-refractivity contribution < 1.29 is 18.3 Å². The lowest BCUT2D eigenvalue weighted by Crippen LogP contribution is -2.04. The van der Waals surface area contributed by atoms with Crippen molar-refractivity contribution in [1.29, 1.82) is 0 Å². The van der Waals surface area contributed by atoms with Crippen molar-refractivity contribution in [2.45, 2.75) is 25.9 Å². The highest BCUT2D eigenvalue weighted by molar-refractivity contribution is 7.19. The predicted molar refractivity (Wildman–Crippen MR) is 100 cm³/mol. The van der Waals surface area contributed by atoms with Crippen LogP contribution in [0.3, 0.4) is 0 Å². The van der Waals surface area contributed by atoms with Crippen LogP contribution in [0.5, 0.6) is 11.5 Å². The molecule has 140 valence electrons. The molecule has 0 fully saturated rings. The van der Waals surface area contributed by atoms with Gasteiger partial charge in [0, 0.05) is 4.88 Å². The van der Waals surface area contributed by atoms with Crippen LogP contribution in [0.15, 0.2) is 29.6 Å². The van der Waals surface area contributed by atoms with E-state index in [1.165, 1.54) is 36.2 Å². The van der Waals surface area contributed by atoms with E-state index in [-0.39, 0.29) is 11.5 Å². The van der Waals surface area contributed by atoms with Gasteiger partial charge in [-0.25, -0.2) is 9.97 Å². The Morgan fingerprint density at radius 1 is 1.26 bits per heavy atom. The lowest BCUT2D eigenvalue weighted by atomic mass is 10.2. The second-order valence-electron chi connectivity index (χ2n) is 5.92. The van der Waals surface area contributed by atoms with E-state index in [1.54, 1.807) is 23.5 Å². The Balaban J connectivity index is 1.57. The first kappa shape index (κ1) is 17.6. The van der Waals surface area contributed by atoms with Crippen molar-refractivity contribution in [3.05, 3.63) is 40.5 Å². The number of anilines is 1. The molecule has 0 aliphatic heterocycles. The van der Waals surface area contributed by atoms with Crippen LogP contribution in [0.1, 0.15) is 22.4 Å². The van der Waals surface area contributed by atoms with E-state index < -0.39 is 6.61 Å². The van der Waals surface area contributed by atoms with Gasteiger partial charge in [-0.2, -0.15) is 13.9 Å². The number of aryl methyl sites for hydroxylation is 2. The van der Waals surface area contributed by atoms with Crippen LogP contribution < -0.4 is 14.9 Å². The van der Waals surface area contributed by atoms with Crippen LogP contribution >= 0.6 is 11.3 Å². The number of halogens is 2. The fraction of sp³-hybridized carbons (Fsp3) is 0.278. The van der Waals surface area contributed by atoms with Crippen molar-refractivity contribution in [1.82, 2.24) is 9.97 Å². The largest absolute Gasteiger partial charge is 0.493 e. The maximum absolute atomic E-state index is 12.5. The number of hydrogen-bond acceptors (Lipinski definition) is 7. The number of methoxy groups -OCH3 is 1. The number of hydrogen-bond donors (Lipinski definition) is 1. The topological polar surface area (TPSA) is 68.6 Å². The maximum atomic E-state index is 12.5. The summed E-state index contributed by atoms with van der Waals surface area (Å²) in [6.07, 6.45) is 6.27. The Bertz CT molecular complexity index is 1010. The number of alkyl halides is 2. The predicted octanol–water partition coefficient (Wildman–Crippen LogP) is 4.24. The van der Waals surface area contributed by atoms with Crippen molar-refractivity contribution in [2.75, 3.05) is 12.5 Å². The molecule has 2 heterocycles. The van der Waals surface area contributed by atoms with Gasteiger partial charge >= 0.3 is 6.61 Å². The zero-order valence-corrected chi connectivity index (χ0v) is 15.2. The van der Waals surface area contributed by atoms with Gasteiger partial charge in [0.05, 0.1) is 18.7 Å². The zero-order valence-electron chi connectivity index (χ0n) is 14.4. The van der Waals surface area contributed by atoms with Gasteiger partial charge in [0.1, 0.15) is 11.2 Å². The van der Waals surface area contributed by atoms with Gasteiger partial charge in [-0.1, -0.05) is 0 Å². The number of benzene rings is 1. The molecule has 1 aliphatic rings. The van der Waals surface area contributed by atoms with Crippen LogP contribution in [0.2, 0.25) is 0 Å². The zero-order chi connectivity index (χ0) is 18.8. The van der Waals surface area contributed by atoms with E-state index in [0.717, 1.165) is 29.5 Å². The Morgan fingerprint density at radius 3 is 2.96 bits per heavy atom. The number of ether oxygens (including phenoxy) is 2. The number of rotatable bonds is 6. The Kier molecular flexibility index (Phi) is 4.85. The molecule has 0 saturated heterocycles. The molecule has 1 aromatic carbocycles. The van der Waals surface area contributed by atoms with Crippen molar-refractivity contribution >= 4 is 33.6 Å². The molecule has 1 N–H and O–H groups in total. The number of fused-ring (bicyclic) bond motifs is 3. The van der Waals surface area contributed by atoms with Gasteiger partial charge in [0.2, 0.25) is 0 Å². The molecule has 3 aromatic rings. The first-order chi connectivity index (χ1) is 13.2. The minimum atomic E-state index is -2.93. The van der Waals surface area contributed by atoms with Crippen molar-refractivity contribution in [3.63, 3.8) is 0 Å². The lowest BCUT2D eigenvalue weighted by Gasteiger charge is -2.10. The van der Waals surface area contributed by atoms with E-state index >= 15 is 0 Å². The minimum absolute atomic E-state index is 0.0449. The summed E-state index contributed by atoms with van der Waals surface area (Å²) < 4.78 is 34.6. The fourth-order valence-corrected chi connectivity index (χ4v) is 4.37. The SMILES string of the molecule is COc1ccc(/C=N\Nc2ncnc3sc4c(c23)CCC4)cc1OC(F)F. The van der Waals surface area contributed by atoms with Gasteiger partial charge in [-0.05, 0) is 48.6 Å². The van der Waals surface area contributed by atoms with Crippen LogP contribution in [0, 0.1) is 0 Å². The van der Waals surface area contributed by atoms with Gasteiger partial charge < -0.3 is 9.47 Å². The van der Waals surface area contributed by atoms with Crippen LogP contribution in [-0.2, 0) is 12.8 Å². The fourth-order valence-electron chi connectivity index (χ4n) is 3.14. The van der Waals surface area contributed by atoms with Gasteiger partial charge in [-0.15, -0.1) is 11.3 Å². The van der Waals surface area contributed by atoms with Gasteiger partial charge in [-0.3, -0.25) is 5.43 Å². The molecule has 0 amide bonds. The molecule has 0 spiro atoms. The summed E-state index contributed by atoms with van der Waals surface area (Å²) in [4.78, 5) is 11.0. The molecule has 0 bridgehead atoms. The average molecular weight is 390 g/mol. The first-order valence-electron chi connectivity index (χ1n) is 8.33. The second kappa shape index (κ2) is 7.43. The van der Waals surface area contributed by atoms with E-state index in [4.69, 9.17) is 4.74 Å². The number of aromatic nitrogens is 2. The molecule has 27 heavy (non-hydrogen) atoms. The highest BCUT2D eigenvalue weighted by atomic mass is 32.1. The smallest absolute Gasteiger partial charge is 0.387 e. The molecular weight excluding hydrogens is 374 g/mol. The molecule has 4 rings (SSSR count). The third kappa shape index (κ3) is 3.55. The highest BCUT2D eigenvalue weighted by Gasteiger charge is 2.21. The first-order valence-corrected chi connectivity index (χ1v) is 9.14. The molecule has 0 radical (unpaired) electrons. The average Bonchev–Trinajstić information content (AvgIpc) is 3.22. The Hall–Kier alpha value is -2.81. The summed E-state index contributed by atoms with van der Waals surface area (Å²) in [6.45, 7) is -2.93. The molecule has 6 nitrogen and oxygen atoms in total. The molecular formula is C18H16F2N4O2S. The molecule has 1 aliphatic carbocycles. The minimum Gasteiger partial charge on any atom is -0.493 e. The van der Waals surface area contributed by atoms with Gasteiger partial charge in [0.25, 0.3) is 0 Å². The number of hydrazone groups is 1. The van der Waals surface area contributed by atoms with E-state index in [9.17, 15) is 8.78 Å². The third-order valence-electron chi connectivity index (χ3n) is 4.29. The van der Waals surface area contributed by atoms with E-state index in [0.29, 0.717) is 11.4 Å². The summed E-state index contributed by atoms with van der Waals surface area (Å²) in [5.74, 6) is 0.830. The van der Waals surface area contributed by atoms with Crippen molar-refractivity contribution in [3.8, 4) is 11.5 Å². The molecule has 2 aromatic heterocycles. The highest BCUT2D eigenvalue weighted by Crippen LogP contribution is 2.39. The lowest BCUT2D eigenvalue weighted by molar-refractivity contribution is -0.0512. The van der Waals surface area contributed by atoms with Crippen LogP contribution in [0.25, 0.3) is 10.2 Å². The van der Waals surface area contributed by atoms with Gasteiger partial charge in [0.15, 0.2) is 17.3 Å². The summed E-state index contributed by atoms with van der Waals surface area (Å²) in [5, 5.41) is 5.22. The molecule has 0 unspecified atom stereocenters. The number of nitrogens with one attached hydrogen (secondary N) is 1. The Labute approximate surface area is 157 Å². The summed E-state index contributed by atoms with van der Waals surface area (Å²) in [5.41, 5.74) is 4.83. The van der Waals surface area contributed by atoms with E-state index in [1.807, 2.05) is 0 Å². The molecule has 0 saturated carbocycles. The summed E-state index contributed by atoms with van der Waals surface area (Å²) in [7, 11) is 1.39. The standard InChI is InChI=1S/C18H16F2N4O2S/c1-25-12-6-5-10(7-13(12)26-18(19)20)8-23-24-16-15-11-3-2-4-14(11)27-17(15)22-9-21-16/h5-9,18H,2-4H2,1H3,(H,21,22,24)/b23-8-. The Morgan fingerprint density at radius 2 is 2.15 bits per heavy atom. The normalized spacial score (nSPS) is 13.5. The van der Waals surface area contributed by atoms with E-state index in [2.05, 4.69) is 25.2 Å². The van der Waals surface area contributed by atoms with Crippen LogP contribution in [-0.4, -0.2) is 29.9 Å². The van der Waals surface area contributed by atoms with Crippen molar-refractivity contribution in [2.24, 2.45) is 5.10 Å². The van der Waals surface area contributed by atoms with Crippen LogP contribution in [0.4, 0.5) is 14.6 Å². The second-order valence-corrected chi connectivity index (χ2v) is 7.00.